The Morgan fingerprint density at radius 3 is 1.45 bits per heavy atom. The van der Waals surface area contributed by atoms with E-state index in [1.165, 1.54) is 0 Å². The number of rotatable bonds is 1. The summed E-state index contributed by atoms with van der Waals surface area (Å²) in [5, 5.41) is 10.8. The fourth-order valence-electron chi connectivity index (χ4n) is 0. The first-order chi connectivity index (χ1) is 4.27. The minimum atomic E-state index is -4.64. The maximum absolute atomic E-state index is 8.88. The number of nitrogens with one attached hydrogen (secondary N) is 1. The van der Waals surface area contributed by atoms with E-state index in [0.717, 1.165) is 0 Å². The summed E-state index contributed by atoms with van der Waals surface area (Å²) in [5.74, 6) is 0. The van der Waals surface area contributed by atoms with Crippen LogP contribution in [0.2, 0.25) is 0 Å². The SMILES string of the molecule is CNC(C)O.O=P(O)(O)O.[Na]. The van der Waals surface area contributed by atoms with Gasteiger partial charge >= 0.3 is 7.82 Å². The van der Waals surface area contributed by atoms with Crippen molar-refractivity contribution in [2.24, 2.45) is 0 Å². The molecule has 0 aromatic carbocycles. The van der Waals surface area contributed by atoms with Gasteiger partial charge in [0.2, 0.25) is 0 Å². The maximum atomic E-state index is 8.88. The zero-order valence-electron chi connectivity index (χ0n) is 6.72. The molecule has 6 nitrogen and oxygen atoms in total. The van der Waals surface area contributed by atoms with E-state index >= 15 is 0 Å². The Bertz CT molecular complexity index is 106. The van der Waals surface area contributed by atoms with Crippen LogP contribution in [0.15, 0.2) is 0 Å². The van der Waals surface area contributed by atoms with Crippen LogP contribution in [0.1, 0.15) is 6.92 Å². The Kier molecular flexibility index (Phi) is 14.9. The fraction of sp³-hybridized carbons (Fsp3) is 1.00. The van der Waals surface area contributed by atoms with E-state index in [2.05, 4.69) is 5.32 Å². The first kappa shape index (κ1) is 17.9. The van der Waals surface area contributed by atoms with Gasteiger partial charge in [-0.2, -0.15) is 0 Å². The third-order valence-electron chi connectivity index (χ3n) is 0.418. The van der Waals surface area contributed by atoms with Gasteiger partial charge in [0.15, 0.2) is 0 Å². The molecule has 1 radical (unpaired) electrons. The van der Waals surface area contributed by atoms with Crippen molar-refractivity contribution in [3.05, 3.63) is 0 Å². The summed E-state index contributed by atoms with van der Waals surface area (Å²) >= 11 is 0. The van der Waals surface area contributed by atoms with E-state index in [9.17, 15) is 0 Å². The van der Waals surface area contributed by atoms with Gasteiger partial charge < -0.3 is 19.8 Å². The standard InChI is InChI=1S/C3H9NO.Na.H3O4P/c1-3(5)4-2;;1-5(2,3)4/h3-5H,1-2H3;;(H3,1,2,3,4). The van der Waals surface area contributed by atoms with E-state index in [4.69, 9.17) is 24.4 Å². The van der Waals surface area contributed by atoms with E-state index in [-0.39, 0.29) is 35.8 Å². The molecule has 0 saturated carbocycles. The largest absolute Gasteiger partial charge is 0.466 e. The monoisotopic (exact) mass is 196 g/mol. The third kappa shape index (κ3) is 98.0. The molecule has 5 N–H and O–H groups in total. The minimum Gasteiger partial charge on any atom is -0.379 e. The van der Waals surface area contributed by atoms with Gasteiger partial charge in [-0.3, -0.25) is 5.32 Å². The van der Waals surface area contributed by atoms with Crippen LogP contribution in [0.3, 0.4) is 0 Å². The van der Waals surface area contributed by atoms with Gasteiger partial charge in [0.05, 0.1) is 0 Å². The molecule has 0 bridgehead atoms. The quantitative estimate of drug-likeness (QED) is 0.193. The summed E-state index contributed by atoms with van der Waals surface area (Å²) in [6.07, 6.45) is -0.366. The van der Waals surface area contributed by atoms with Gasteiger partial charge in [-0.1, -0.05) is 0 Å². The minimum absolute atomic E-state index is 0. The first-order valence-electron chi connectivity index (χ1n) is 2.41. The predicted molar refractivity (Wildman–Crippen MR) is 40.8 cm³/mol. The van der Waals surface area contributed by atoms with Gasteiger partial charge in [-0.15, -0.1) is 0 Å². The Morgan fingerprint density at radius 1 is 1.36 bits per heavy atom. The van der Waals surface area contributed by atoms with Crippen LogP contribution in [0.25, 0.3) is 0 Å². The molecule has 8 heteroatoms. The number of hydrogen-bond acceptors (Lipinski definition) is 3. The Labute approximate surface area is 87.2 Å². The summed E-state index contributed by atoms with van der Waals surface area (Å²) in [4.78, 5) is 21.6. The van der Waals surface area contributed by atoms with Crippen LogP contribution in [0.5, 0.6) is 0 Å². The van der Waals surface area contributed by atoms with Crippen LogP contribution in [-0.4, -0.2) is 62.6 Å². The first-order valence-corrected chi connectivity index (χ1v) is 3.97. The number of hydrogen-bond donors (Lipinski definition) is 5. The van der Waals surface area contributed by atoms with Crippen LogP contribution in [0, 0.1) is 0 Å². The molecule has 0 heterocycles. The molecule has 1 unspecified atom stereocenters. The Balaban J connectivity index is -0.000000107. The maximum Gasteiger partial charge on any atom is 0.466 e. The van der Waals surface area contributed by atoms with Crippen molar-refractivity contribution >= 4 is 37.4 Å². The average molecular weight is 196 g/mol. The molecule has 0 fully saturated rings. The molecule has 0 aromatic heterocycles. The van der Waals surface area contributed by atoms with Crippen LogP contribution < -0.4 is 5.32 Å². The Hall–Kier alpha value is 1.03. The van der Waals surface area contributed by atoms with Gasteiger partial charge in [-0.25, -0.2) is 4.57 Å². The zero-order valence-corrected chi connectivity index (χ0v) is 9.62. The molecule has 65 valence electrons. The second-order valence-corrected chi connectivity index (χ2v) is 2.50. The molecule has 0 rings (SSSR count). The van der Waals surface area contributed by atoms with Crippen molar-refractivity contribution in [1.29, 1.82) is 0 Å². The third-order valence-corrected chi connectivity index (χ3v) is 0.418. The number of phosphoric acid groups is 1. The van der Waals surface area contributed by atoms with E-state index < -0.39 is 7.82 Å². The molecule has 11 heavy (non-hydrogen) atoms. The van der Waals surface area contributed by atoms with Crippen molar-refractivity contribution in [2.75, 3.05) is 7.05 Å². The molecule has 0 aliphatic rings. The smallest absolute Gasteiger partial charge is 0.379 e. The molecule has 0 aliphatic heterocycles. The summed E-state index contributed by atoms with van der Waals surface area (Å²) in [6.45, 7) is 1.67. The van der Waals surface area contributed by atoms with Gasteiger partial charge in [0, 0.05) is 29.6 Å². The molecule has 1 atom stereocenters. The average Bonchev–Trinajstić information content (AvgIpc) is 1.61. The van der Waals surface area contributed by atoms with Crippen molar-refractivity contribution in [3.8, 4) is 0 Å². The molecule has 0 saturated heterocycles. The predicted octanol–water partition coefficient (Wildman–Crippen LogP) is -1.77. The molecular weight excluding hydrogens is 184 g/mol. The Morgan fingerprint density at radius 2 is 1.45 bits per heavy atom. The van der Waals surface area contributed by atoms with Crippen LogP contribution in [0.4, 0.5) is 0 Å². The summed E-state index contributed by atoms with van der Waals surface area (Å²) in [7, 11) is -2.94. The molecule has 0 amide bonds. The molecular formula is C3H12NNaO5P. The van der Waals surface area contributed by atoms with Crippen molar-refractivity contribution < 1.29 is 24.4 Å². The number of aliphatic hydroxyl groups is 1. The van der Waals surface area contributed by atoms with Crippen molar-refractivity contribution in [2.45, 2.75) is 13.2 Å². The van der Waals surface area contributed by atoms with E-state index in [0.29, 0.717) is 0 Å². The topological polar surface area (TPSA) is 110 Å². The summed E-state index contributed by atoms with van der Waals surface area (Å²) < 4.78 is 8.88. The van der Waals surface area contributed by atoms with Gasteiger partial charge in [-0.05, 0) is 14.0 Å². The normalized spacial score (nSPS) is 12.2. The second kappa shape index (κ2) is 9.12. The molecule has 0 aromatic rings. The molecule has 0 aliphatic carbocycles. The summed E-state index contributed by atoms with van der Waals surface area (Å²) in [6, 6.07) is 0. The van der Waals surface area contributed by atoms with Crippen LogP contribution in [-0.2, 0) is 4.57 Å². The summed E-state index contributed by atoms with van der Waals surface area (Å²) in [5.41, 5.74) is 0. The number of aliphatic hydroxyl groups excluding tert-OH is 1. The zero-order chi connectivity index (χ0) is 8.78. The van der Waals surface area contributed by atoms with Crippen LogP contribution >= 0.6 is 7.82 Å². The molecule has 0 spiro atoms. The van der Waals surface area contributed by atoms with Gasteiger partial charge in [0.1, 0.15) is 6.23 Å². The fourth-order valence-corrected chi connectivity index (χ4v) is 0. The second-order valence-electron chi connectivity index (χ2n) is 1.48. The van der Waals surface area contributed by atoms with Crippen molar-refractivity contribution in [1.82, 2.24) is 5.32 Å². The van der Waals surface area contributed by atoms with E-state index in [1.54, 1.807) is 14.0 Å². The van der Waals surface area contributed by atoms with Crippen molar-refractivity contribution in [3.63, 3.8) is 0 Å². The van der Waals surface area contributed by atoms with E-state index in [1.807, 2.05) is 0 Å². The van der Waals surface area contributed by atoms with Gasteiger partial charge in [0.25, 0.3) is 0 Å².